The Balaban J connectivity index is 1.57. The molecule has 2 saturated heterocycles. The Morgan fingerprint density at radius 1 is 1.32 bits per heavy atom. The smallest absolute Gasteiger partial charge is 0.152 e. The van der Waals surface area contributed by atoms with Crippen LogP contribution >= 0.6 is 23.2 Å². The third kappa shape index (κ3) is 3.71. The van der Waals surface area contributed by atoms with E-state index in [4.69, 9.17) is 38.3 Å². The molecule has 1 aromatic rings. The van der Waals surface area contributed by atoms with Crippen LogP contribution in [0, 0.1) is 10.8 Å². The van der Waals surface area contributed by atoms with Gasteiger partial charge in [0.05, 0.1) is 40.4 Å². The van der Waals surface area contributed by atoms with Gasteiger partial charge in [-0.2, -0.15) is 0 Å². The topological polar surface area (TPSA) is 60.7 Å². The van der Waals surface area contributed by atoms with E-state index in [1.165, 1.54) is 6.21 Å². The van der Waals surface area contributed by atoms with E-state index in [2.05, 4.69) is 17.1 Å². The van der Waals surface area contributed by atoms with Crippen molar-refractivity contribution in [3.8, 4) is 0 Å². The summed E-state index contributed by atoms with van der Waals surface area (Å²) in [6.07, 6.45) is 8.51. The fraction of sp³-hybridized carbons (Fsp3) is 0.429. The maximum atomic E-state index is 7.54. The first-order valence-corrected chi connectivity index (χ1v) is 10.3. The molecule has 0 bridgehead atoms. The molecule has 3 aliphatic heterocycles. The molecule has 3 aliphatic rings. The molecule has 0 aliphatic carbocycles. The van der Waals surface area contributed by atoms with Crippen molar-refractivity contribution < 1.29 is 4.74 Å². The van der Waals surface area contributed by atoms with Crippen LogP contribution in [0.1, 0.15) is 31.7 Å². The van der Waals surface area contributed by atoms with Crippen LogP contribution in [0.4, 0.5) is 0 Å². The highest BCUT2D eigenvalue weighted by molar-refractivity contribution is 6.43. The van der Waals surface area contributed by atoms with Gasteiger partial charge >= 0.3 is 0 Å². The molecular weight excluding hydrogens is 395 g/mol. The van der Waals surface area contributed by atoms with Gasteiger partial charge in [0, 0.05) is 24.9 Å². The maximum Gasteiger partial charge on any atom is 0.152 e. The monoisotopic (exact) mass is 418 g/mol. The molecule has 2 N–H and O–H groups in total. The largest absolute Gasteiger partial charge is 0.378 e. The number of likely N-dealkylation sites (tertiary alicyclic amines) is 1. The van der Waals surface area contributed by atoms with Crippen LogP contribution in [-0.4, -0.2) is 42.8 Å². The molecule has 0 aromatic heterocycles. The fourth-order valence-corrected chi connectivity index (χ4v) is 4.72. The highest BCUT2D eigenvalue weighted by Crippen LogP contribution is 2.42. The number of nitrogens with one attached hydrogen (secondary N) is 2. The maximum absolute atomic E-state index is 7.54. The van der Waals surface area contributed by atoms with Crippen molar-refractivity contribution in [2.45, 2.75) is 32.3 Å². The van der Waals surface area contributed by atoms with Crippen LogP contribution in [0.3, 0.4) is 0 Å². The number of ether oxygens (including phenoxy) is 1. The van der Waals surface area contributed by atoms with E-state index in [1.54, 1.807) is 18.3 Å². The standard InChI is InChI=1S/C21H24Cl2N4O/c1-14-11-21(13-28-14)6-9-27(10-7-21)20-17(5-8-24)26-18(12-25-20)15-3-2-4-16(22)19(15)23/h2-5,8,12,14,24,26H,6-7,9-11,13H2,1H3/b17-5-,24-8?/t14-/m0/s1. The van der Waals surface area contributed by atoms with Crippen molar-refractivity contribution in [2.24, 2.45) is 10.4 Å². The number of allylic oxidation sites excluding steroid dienone is 1. The average Bonchev–Trinajstić information content (AvgIpc) is 3.05. The highest BCUT2D eigenvalue weighted by atomic mass is 35.5. The SMILES string of the molecule is C[C@H]1CC2(CCN(C3=NC=C(c4cccc(Cl)c4Cl)N/C3=C\C=N)CC2)CO1. The van der Waals surface area contributed by atoms with Crippen LogP contribution in [0.2, 0.25) is 10.0 Å². The minimum absolute atomic E-state index is 0.319. The summed E-state index contributed by atoms with van der Waals surface area (Å²) in [6, 6.07) is 5.53. The molecule has 0 amide bonds. The Labute approximate surface area is 175 Å². The number of hydrogen-bond donors (Lipinski definition) is 2. The van der Waals surface area contributed by atoms with Gasteiger partial charge in [-0.15, -0.1) is 0 Å². The first-order chi connectivity index (χ1) is 13.5. The second-order valence-corrected chi connectivity index (χ2v) is 8.57. The molecule has 7 heteroatoms. The number of aliphatic imine (C=N–C) groups is 1. The van der Waals surface area contributed by atoms with Crippen LogP contribution in [-0.2, 0) is 4.74 Å². The molecule has 0 saturated carbocycles. The van der Waals surface area contributed by atoms with E-state index in [9.17, 15) is 0 Å². The van der Waals surface area contributed by atoms with Crippen LogP contribution in [0.5, 0.6) is 0 Å². The molecule has 2 fully saturated rings. The molecule has 3 heterocycles. The van der Waals surface area contributed by atoms with E-state index in [0.717, 1.165) is 61.8 Å². The zero-order valence-electron chi connectivity index (χ0n) is 15.8. The third-order valence-corrected chi connectivity index (χ3v) is 6.65. The Morgan fingerprint density at radius 2 is 2.11 bits per heavy atom. The van der Waals surface area contributed by atoms with Gasteiger partial charge in [-0.3, -0.25) is 0 Å². The van der Waals surface area contributed by atoms with E-state index >= 15 is 0 Å². The number of benzene rings is 1. The normalized spacial score (nSPS) is 25.5. The molecule has 148 valence electrons. The van der Waals surface area contributed by atoms with Crippen LogP contribution < -0.4 is 5.32 Å². The molecular formula is C21H24Cl2N4O. The molecule has 1 spiro atoms. The Kier molecular flexibility index (Phi) is 5.50. The summed E-state index contributed by atoms with van der Waals surface area (Å²) >= 11 is 12.5. The lowest BCUT2D eigenvalue weighted by molar-refractivity contribution is 0.0842. The number of halogens is 2. The summed E-state index contributed by atoms with van der Waals surface area (Å²) in [5.41, 5.74) is 2.69. The van der Waals surface area contributed by atoms with Gasteiger partial charge in [0.1, 0.15) is 0 Å². The van der Waals surface area contributed by atoms with Gasteiger partial charge in [0.15, 0.2) is 5.84 Å². The zero-order valence-corrected chi connectivity index (χ0v) is 17.4. The van der Waals surface area contributed by atoms with E-state index in [-0.39, 0.29) is 0 Å². The van der Waals surface area contributed by atoms with Crippen molar-refractivity contribution in [1.29, 1.82) is 5.41 Å². The quantitative estimate of drug-likeness (QED) is 0.683. The van der Waals surface area contributed by atoms with Gasteiger partial charge in [0.25, 0.3) is 0 Å². The lowest BCUT2D eigenvalue weighted by atomic mass is 9.77. The summed E-state index contributed by atoms with van der Waals surface area (Å²) in [7, 11) is 0. The molecule has 1 atom stereocenters. The second kappa shape index (κ2) is 7.90. The lowest BCUT2D eigenvalue weighted by Crippen LogP contribution is -2.46. The first kappa shape index (κ1) is 19.5. The van der Waals surface area contributed by atoms with Crippen molar-refractivity contribution in [3.05, 3.63) is 51.8 Å². The van der Waals surface area contributed by atoms with E-state index in [1.807, 2.05) is 12.1 Å². The van der Waals surface area contributed by atoms with Crippen molar-refractivity contribution in [3.63, 3.8) is 0 Å². The van der Waals surface area contributed by atoms with Crippen molar-refractivity contribution >= 4 is 40.9 Å². The van der Waals surface area contributed by atoms with Gasteiger partial charge in [-0.05, 0) is 43.7 Å². The summed E-state index contributed by atoms with van der Waals surface area (Å²) in [6.45, 7) is 4.90. The minimum atomic E-state index is 0.319. The first-order valence-electron chi connectivity index (χ1n) is 9.58. The number of amidine groups is 1. The van der Waals surface area contributed by atoms with Crippen LogP contribution in [0.25, 0.3) is 5.70 Å². The Morgan fingerprint density at radius 3 is 2.79 bits per heavy atom. The summed E-state index contributed by atoms with van der Waals surface area (Å²) in [5.74, 6) is 0.868. The summed E-state index contributed by atoms with van der Waals surface area (Å²) < 4.78 is 5.84. The number of piperidine rings is 1. The van der Waals surface area contributed by atoms with Crippen LogP contribution in [0.15, 0.2) is 41.2 Å². The average molecular weight is 419 g/mol. The fourth-order valence-electron chi connectivity index (χ4n) is 4.32. The molecule has 0 unspecified atom stereocenters. The molecule has 0 radical (unpaired) electrons. The van der Waals surface area contributed by atoms with Gasteiger partial charge in [-0.25, -0.2) is 4.99 Å². The summed E-state index contributed by atoms with van der Waals surface area (Å²) in [5, 5.41) is 11.9. The molecule has 4 rings (SSSR count). The van der Waals surface area contributed by atoms with E-state index < -0.39 is 0 Å². The molecule has 28 heavy (non-hydrogen) atoms. The van der Waals surface area contributed by atoms with E-state index in [0.29, 0.717) is 21.6 Å². The number of nitrogens with zero attached hydrogens (tertiary/aromatic N) is 2. The number of rotatable bonds is 2. The van der Waals surface area contributed by atoms with Crippen molar-refractivity contribution in [2.75, 3.05) is 19.7 Å². The molecule has 1 aromatic carbocycles. The second-order valence-electron chi connectivity index (χ2n) is 7.78. The van der Waals surface area contributed by atoms with Gasteiger partial charge in [-0.1, -0.05) is 35.3 Å². The van der Waals surface area contributed by atoms with Gasteiger partial charge < -0.3 is 20.4 Å². The Bertz CT molecular complexity index is 869. The zero-order chi connectivity index (χ0) is 19.7. The minimum Gasteiger partial charge on any atom is -0.378 e. The lowest BCUT2D eigenvalue weighted by Gasteiger charge is -2.40. The highest BCUT2D eigenvalue weighted by Gasteiger charge is 2.41. The predicted molar refractivity (Wildman–Crippen MR) is 115 cm³/mol. The van der Waals surface area contributed by atoms with Crippen molar-refractivity contribution in [1.82, 2.24) is 10.2 Å². The van der Waals surface area contributed by atoms with Gasteiger partial charge in [0.2, 0.25) is 0 Å². The predicted octanol–water partition coefficient (Wildman–Crippen LogP) is 4.72. The Hall–Kier alpha value is -1.82. The number of hydrogen-bond acceptors (Lipinski definition) is 5. The molecule has 5 nitrogen and oxygen atoms in total. The summed E-state index contributed by atoms with van der Waals surface area (Å²) in [4.78, 5) is 7.02. The third-order valence-electron chi connectivity index (χ3n) is 5.84.